The number of quaternary nitrogens is 1. The van der Waals surface area contributed by atoms with Crippen LogP contribution in [-0.2, 0) is 9.53 Å². The maximum atomic E-state index is 11.7. The van der Waals surface area contributed by atoms with Crippen molar-refractivity contribution in [2.24, 2.45) is 0 Å². The molecule has 0 aliphatic heterocycles. The number of hydrogen-bond donors (Lipinski definition) is 0. The average molecular weight is 256 g/mol. The summed E-state index contributed by atoms with van der Waals surface area (Å²) in [6.07, 6.45) is -0.172. The molecule has 0 aromatic heterocycles. The summed E-state index contributed by atoms with van der Waals surface area (Å²) in [6.45, 7) is 20.4. The van der Waals surface area contributed by atoms with E-state index in [2.05, 4.69) is 48.1 Å². The van der Waals surface area contributed by atoms with Crippen LogP contribution in [0.1, 0.15) is 55.4 Å². The van der Waals surface area contributed by atoms with Gasteiger partial charge < -0.3 is 4.74 Å². The van der Waals surface area contributed by atoms with E-state index in [1.807, 2.05) is 6.92 Å². The molecule has 0 N–H and O–H groups in total. The molecule has 0 aliphatic carbocycles. The maximum absolute atomic E-state index is 11.7. The standard InChI is InChI=1S/C15H30NO2/c1-10(2)15(17)18-14(9)16(11(3)4,12(5)6)13(7)8/h11-14H,1H2,2-9H3/q+1. The molecule has 0 radical (unpaired) electrons. The third-order valence-electron chi connectivity index (χ3n) is 3.94. The number of rotatable bonds is 6. The molecule has 0 spiro atoms. The molecule has 0 rings (SSSR count). The van der Waals surface area contributed by atoms with E-state index in [1.54, 1.807) is 6.92 Å². The van der Waals surface area contributed by atoms with Gasteiger partial charge in [0.2, 0.25) is 6.23 Å². The van der Waals surface area contributed by atoms with E-state index in [4.69, 9.17) is 4.74 Å². The van der Waals surface area contributed by atoms with Gasteiger partial charge in [0.05, 0.1) is 18.1 Å². The highest BCUT2D eigenvalue weighted by atomic mass is 16.6. The summed E-state index contributed by atoms with van der Waals surface area (Å²) in [5, 5.41) is 0. The Balaban J connectivity index is 5.32. The Morgan fingerprint density at radius 1 is 0.944 bits per heavy atom. The minimum atomic E-state index is -0.299. The topological polar surface area (TPSA) is 26.3 Å². The van der Waals surface area contributed by atoms with Gasteiger partial charge in [0.15, 0.2) is 0 Å². The number of esters is 1. The van der Waals surface area contributed by atoms with Crippen LogP contribution in [0.4, 0.5) is 0 Å². The zero-order valence-corrected chi connectivity index (χ0v) is 13.3. The molecule has 0 fully saturated rings. The molecule has 0 aliphatic rings. The van der Waals surface area contributed by atoms with Gasteiger partial charge in [-0.3, -0.25) is 4.48 Å². The predicted octanol–water partition coefficient (Wildman–Crippen LogP) is 3.49. The molecule has 1 atom stereocenters. The molecule has 0 bridgehead atoms. The Kier molecular flexibility index (Phi) is 6.08. The fraction of sp³-hybridized carbons (Fsp3) is 0.800. The van der Waals surface area contributed by atoms with Crippen LogP contribution in [0.15, 0.2) is 12.2 Å². The van der Waals surface area contributed by atoms with Crippen LogP contribution >= 0.6 is 0 Å². The Morgan fingerprint density at radius 2 is 1.28 bits per heavy atom. The molecule has 3 heteroatoms. The van der Waals surface area contributed by atoms with Crippen LogP contribution in [0.5, 0.6) is 0 Å². The summed E-state index contributed by atoms with van der Waals surface area (Å²) in [5.41, 5.74) is 0.455. The van der Waals surface area contributed by atoms with Crippen molar-refractivity contribution in [3.8, 4) is 0 Å². The van der Waals surface area contributed by atoms with Crippen molar-refractivity contribution >= 4 is 5.97 Å². The van der Waals surface area contributed by atoms with Crippen LogP contribution in [0.3, 0.4) is 0 Å². The van der Waals surface area contributed by atoms with Gasteiger partial charge in [-0.1, -0.05) is 6.58 Å². The SMILES string of the molecule is C=C(C)C(=O)OC(C)[N+](C(C)C)(C(C)C)C(C)C. The number of hydrogen-bond acceptors (Lipinski definition) is 2. The van der Waals surface area contributed by atoms with E-state index < -0.39 is 0 Å². The molecule has 0 saturated carbocycles. The summed E-state index contributed by atoms with van der Waals surface area (Å²) in [6, 6.07) is 1.16. The quantitative estimate of drug-likeness (QED) is 0.315. The van der Waals surface area contributed by atoms with Crippen LogP contribution < -0.4 is 0 Å². The second-order valence-electron chi connectivity index (χ2n) is 5.96. The van der Waals surface area contributed by atoms with Gasteiger partial charge in [0.25, 0.3) is 0 Å². The van der Waals surface area contributed by atoms with Crippen LogP contribution in [0.25, 0.3) is 0 Å². The zero-order chi connectivity index (χ0) is 14.7. The van der Waals surface area contributed by atoms with Crippen molar-refractivity contribution in [3.05, 3.63) is 12.2 Å². The van der Waals surface area contributed by atoms with Crippen molar-refractivity contribution in [2.75, 3.05) is 0 Å². The maximum Gasteiger partial charge on any atom is 0.337 e. The average Bonchev–Trinajstić information content (AvgIpc) is 2.15. The fourth-order valence-corrected chi connectivity index (χ4v) is 3.40. The molecule has 106 valence electrons. The third kappa shape index (κ3) is 3.14. The molecule has 0 amide bonds. The minimum Gasteiger partial charge on any atom is -0.409 e. The molecule has 18 heavy (non-hydrogen) atoms. The van der Waals surface area contributed by atoms with E-state index in [1.165, 1.54) is 0 Å². The van der Waals surface area contributed by atoms with Gasteiger partial charge in [0.1, 0.15) is 0 Å². The van der Waals surface area contributed by atoms with E-state index >= 15 is 0 Å². The predicted molar refractivity (Wildman–Crippen MR) is 76.0 cm³/mol. The van der Waals surface area contributed by atoms with E-state index in [-0.39, 0.29) is 12.2 Å². The van der Waals surface area contributed by atoms with Crippen molar-refractivity contribution < 1.29 is 14.0 Å². The fourth-order valence-electron chi connectivity index (χ4n) is 3.40. The molecule has 0 heterocycles. The number of nitrogens with zero attached hydrogens (tertiary/aromatic N) is 1. The molecule has 0 aromatic rings. The largest absolute Gasteiger partial charge is 0.409 e. The molecular formula is C15H30NO2+. The first-order chi connectivity index (χ1) is 8.08. The van der Waals surface area contributed by atoms with Crippen LogP contribution in [0.2, 0.25) is 0 Å². The number of ether oxygens (including phenoxy) is 1. The Hall–Kier alpha value is -0.830. The minimum absolute atomic E-state index is 0.172. The monoisotopic (exact) mass is 256 g/mol. The molecule has 0 saturated heterocycles. The molecule has 0 aromatic carbocycles. The molecule has 1 unspecified atom stereocenters. The summed E-state index contributed by atoms with van der Waals surface area (Å²) in [7, 11) is 0. The highest BCUT2D eigenvalue weighted by Crippen LogP contribution is 2.29. The molecular weight excluding hydrogens is 226 g/mol. The van der Waals surface area contributed by atoms with Gasteiger partial charge >= 0.3 is 5.97 Å². The van der Waals surface area contributed by atoms with Gasteiger partial charge in [-0.05, 0) is 48.5 Å². The first-order valence-corrected chi connectivity index (χ1v) is 6.82. The van der Waals surface area contributed by atoms with Gasteiger partial charge in [-0.2, -0.15) is 0 Å². The summed E-state index contributed by atoms with van der Waals surface area (Å²) in [5.74, 6) is -0.299. The van der Waals surface area contributed by atoms with Crippen molar-refractivity contribution in [1.29, 1.82) is 0 Å². The summed E-state index contributed by atoms with van der Waals surface area (Å²) in [4.78, 5) is 11.7. The van der Waals surface area contributed by atoms with Crippen molar-refractivity contribution in [3.63, 3.8) is 0 Å². The Morgan fingerprint density at radius 3 is 1.50 bits per heavy atom. The van der Waals surface area contributed by atoms with Crippen molar-refractivity contribution in [2.45, 2.75) is 79.7 Å². The normalized spacial score (nSPS) is 14.2. The first-order valence-electron chi connectivity index (χ1n) is 6.82. The van der Waals surface area contributed by atoms with E-state index in [0.717, 1.165) is 4.48 Å². The van der Waals surface area contributed by atoms with Crippen LogP contribution in [0, 0.1) is 0 Å². The highest BCUT2D eigenvalue weighted by Gasteiger charge is 2.44. The van der Waals surface area contributed by atoms with Crippen LogP contribution in [-0.4, -0.2) is 34.8 Å². The Bertz CT molecular complexity index is 284. The number of carbonyl (C=O) groups is 1. The second kappa shape index (κ2) is 6.37. The lowest BCUT2D eigenvalue weighted by Crippen LogP contribution is -2.67. The summed E-state index contributed by atoms with van der Waals surface area (Å²) >= 11 is 0. The summed E-state index contributed by atoms with van der Waals surface area (Å²) < 4.78 is 6.36. The van der Waals surface area contributed by atoms with Gasteiger partial charge in [-0.15, -0.1) is 0 Å². The van der Waals surface area contributed by atoms with Gasteiger partial charge in [-0.25, -0.2) is 4.79 Å². The first kappa shape index (κ1) is 17.2. The van der Waals surface area contributed by atoms with E-state index in [9.17, 15) is 4.79 Å². The number of carbonyl (C=O) groups excluding carboxylic acids is 1. The van der Waals surface area contributed by atoms with Crippen molar-refractivity contribution in [1.82, 2.24) is 0 Å². The zero-order valence-electron chi connectivity index (χ0n) is 13.3. The highest BCUT2D eigenvalue weighted by molar-refractivity contribution is 5.86. The lowest BCUT2D eigenvalue weighted by Gasteiger charge is -2.52. The second-order valence-corrected chi connectivity index (χ2v) is 5.96. The van der Waals surface area contributed by atoms with E-state index in [0.29, 0.717) is 23.7 Å². The molecule has 3 nitrogen and oxygen atoms in total. The lowest BCUT2D eigenvalue weighted by molar-refractivity contribution is -1.02. The Labute approximate surface area is 112 Å². The third-order valence-corrected chi connectivity index (χ3v) is 3.94. The lowest BCUT2D eigenvalue weighted by atomic mass is 10.0. The smallest absolute Gasteiger partial charge is 0.337 e. The van der Waals surface area contributed by atoms with Gasteiger partial charge in [0, 0.05) is 12.5 Å².